The summed E-state index contributed by atoms with van der Waals surface area (Å²) >= 11 is 0. The van der Waals surface area contributed by atoms with Crippen molar-refractivity contribution in [3.63, 3.8) is 0 Å². The van der Waals surface area contributed by atoms with Gasteiger partial charge in [-0.15, -0.1) is 0 Å². The monoisotopic (exact) mass is 819 g/mol. The molecule has 4 aromatic carbocycles. The van der Waals surface area contributed by atoms with Gasteiger partial charge in [0.15, 0.2) is 9.84 Å². The molecule has 11 nitrogen and oxygen atoms in total. The molecule has 59 heavy (non-hydrogen) atoms. The Balaban J connectivity index is 1.08. The highest BCUT2D eigenvalue weighted by Crippen LogP contribution is 2.26. The van der Waals surface area contributed by atoms with Crippen LogP contribution < -0.4 is 15.0 Å². The molecule has 3 amide bonds. The van der Waals surface area contributed by atoms with E-state index in [1.54, 1.807) is 32.1 Å². The van der Waals surface area contributed by atoms with E-state index in [0.29, 0.717) is 57.1 Å². The van der Waals surface area contributed by atoms with Gasteiger partial charge in [-0.2, -0.15) is 0 Å². The first-order valence-electron chi connectivity index (χ1n) is 20.7. The molecule has 0 bridgehead atoms. The number of carbonyl (C=O) groups excluding carboxylic acids is 3. The molecule has 0 radical (unpaired) electrons. The zero-order chi connectivity index (χ0) is 41.8. The lowest BCUT2D eigenvalue weighted by atomic mass is 10.0. The van der Waals surface area contributed by atoms with Gasteiger partial charge in [-0.25, -0.2) is 8.42 Å². The minimum Gasteiger partial charge on any atom is -0.493 e. The van der Waals surface area contributed by atoms with Crippen LogP contribution in [0, 0.1) is 0 Å². The number of anilines is 1. The van der Waals surface area contributed by atoms with E-state index >= 15 is 0 Å². The number of hydrogen-bond acceptors (Lipinski definition) is 8. The van der Waals surface area contributed by atoms with Crippen LogP contribution in [0.5, 0.6) is 5.75 Å². The van der Waals surface area contributed by atoms with Gasteiger partial charge in [-0.1, -0.05) is 74.5 Å². The van der Waals surface area contributed by atoms with E-state index < -0.39 is 15.9 Å². The van der Waals surface area contributed by atoms with E-state index in [9.17, 15) is 22.8 Å². The van der Waals surface area contributed by atoms with E-state index in [1.165, 1.54) is 6.08 Å². The predicted molar refractivity (Wildman–Crippen MR) is 233 cm³/mol. The molecule has 4 aromatic rings. The van der Waals surface area contributed by atoms with Crippen LogP contribution in [-0.4, -0.2) is 112 Å². The van der Waals surface area contributed by atoms with Crippen molar-refractivity contribution in [1.29, 1.82) is 0 Å². The molecule has 2 saturated heterocycles. The van der Waals surface area contributed by atoms with Crippen molar-refractivity contribution < 1.29 is 27.5 Å². The third kappa shape index (κ3) is 12.0. The Bertz CT molecular complexity index is 2160. The van der Waals surface area contributed by atoms with Gasteiger partial charge in [0.05, 0.1) is 17.3 Å². The average Bonchev–Trinajstić information content (AvgIpc) is 3.26. The van der Waals surface area contributed by atoms with Crippen LogP contribution in [0.15, 0.2) is 108 Å². The molecule has 0 unspecified atom stereocenters. The Labute approximate surface area is 349 Å². The van der Waals surface area contributed by atoms with Crippen molar-refractivity contribution in [2.45, 2.75) is 57.5 Å². The van der Waals surface area contributed by atoms with E-state index in [4.69, 9.17) is 4.74 Å². The second-order valence-electron chi connectivity index (χ2n) is 15.3. The minimum absolute atomic E-state index is 0.0654. The highest BCUT2D eigenvalue weighted by Gasteiger charge is 2.29. The number of carbonyl (C=O) groups is 3. The van der Waals surface area contributed by atoms with E-state index in [-0.39, 0.29) is 23.5 Å². The van der Waals surface area contributed by atoms with Gasteiger partial charge in [0.1, 0.15) is 11.8 Å². The molecule has 1 N–H and O–H groups in total. The van der Waals surface area contributed by atoms with Crippen LogP contribution >= 0.6 is 0 Å². The largest absolute Gasteiger partial charge is 0.493 e. The number of sulfone groups is 1. The van der Waals surface area contributed by atoms with Crippen molar-refractivity contribution in [2.75, 3.05) is 69.6 Å². The van der Waals surface area contributed by atoms with Gasteiger partial charge in [-0.05, 0) is 76.7 Å². The second-order valence-corrected chi connectivity index (χ2v) is 17.6. The summed E-state index contributed by atoms with van der Waals surface area (Å²) in [6, 6.07) is 30.5. The Morgan fingerprint density at radius 1 is 0.763 bits per heavy atom. The minimum atomic E-state index is -3.25. The smallest absolute Gasteiger partial charge is 0.245 e. The van der Waals surface area contributed by atoms with Crippen LogP contribution in [0.4, 0.5) is 5.69 Å². The number of nitrogens with one attached hydrogen (secondary N) is 1. The van der Waals surface area contributed by atoms with Crippen LogP contribution in [0.25, 0.3) is 6.08 Å². The number of piperazine rings is 2. The fourth-order valence-electron chi connectivity index (χ4n) is 7.53. The number of amides is 3. The first-order valence-corrected chi connectivity index (χ1v) is 22.4. The molecular weight excluding hydrogens is 763 g/mol. The van der Waals surface area contributed by atoms with Gasteiger partial charge in [-0.3, -0.25) is 19.3 Å². The van der Waals surface area contributed by atoms with Crippen molar-refractivity contribution >= 4 is 39.3 Å². The van der Waals surface area contributed by atoms with Crippen LogP contribution in [0.1, 0.15) is 55.0 Å². The lowest BCUT2D eigenvalue weighted by Gasteiger charge is -2.36. The number of nitrogens with zero attached hydrogens (tertiary/aromatic N) is 4. The van der Waals surface area contributed by atoms with Gasteiger partial charge in [0, 0.05) is 90.4 Å². The molecule has 2 heterocycles. The lowest BCUT2D eigenvalue weighted by Crippen LogP contribution is -2.55. The highest BCUT2D eigenvalue weighted by atomic mass is 32.2. The second kappa shape index (κ2) is 20.5. The summed E-state index contributed by atoms with van der Waals surface area (Å²) in [5.74, 6) is 0.532. The molecule has 12 heteroatoms. The maximum atomic E-state index is 14.0. The standard InChI is InChI=1S/C47H57N5O6S/c1-4-31-58-45-21-15-39(33-41(45)32-38-11-17-42(18-12-38)51-29-27-50(28-30-51)36(3)53)16-22-46(54)48-44(34-37-9-7-6-8-10-37)47(55)52-25-23-49(24-26-52)35-40-13-19-43(20-14-40)59(56,57)5-2/h6-22,33,44H,4-5,23-32,34-35H2,1-3H3,(H,48,54)/t44-/m0/s1. The Morgan fingerprint density at radius 2 is 1.42 bits per heavy atom. The van der Waals surface area contributed by atoms with Crippen molar-refractivity contribution in [3.8, 4) is 5.75 Å². The summed E-state index contributed by atoms with van der Waals surface area (Å²) in [4.78, 5) is 47.9. The quantitative estimate of drug-likeness (QED) is 0.145. The maximum Gasteiger partial charge on any atom is 0.245 e. The molecule has 0 spiro atoms. The Hall–Kier alpha value is -5.46. The normalized spacial score (nSPS) is 15.6. The zero-order valence-corrected chi connectivity index (χ0v) is 35.3. The SMILES string of the molecule is CCCOc1ccc(C=CC(=O)N[C@@H](Cc2ccccc2)C(=O)N2CCN(Cc3ccc(S(=O)(=O)CC)cc3)CC2)cc1Cc1ccc(N2CCN(C(C)=O)CC2)cc1. The molecule has 2 aliphatic rings. The highest BCUT2D eigenvalue weighted by molar-refractivity contribution is 7.91. The topological polar surface area (TPSA) is 120 Å². The van der Waals surface area contributed by atoms with E-state index in [0.717, 1.165) is 71.9 Å². The molecule has 6 rings (SSSR count). The number of rotatable bonds is 16. The first kappa shape index (κ1) is 43.1. The predicted octanol–water partition coefficient (Wildman–Crippen LogP) is 5.61. The maximum absolute atomic E-state index is 14.0. The molecule has 2 aliphatic heterocycles. The molecule has 0 saturated carbocycles. The summed E-state index contributed by atoms with van der Waals surface area (Å²) in [7, 11) is -3.25. The van der Waals surface area contributed by atoms with Gasteiger partial charge in [0.25, 0.3) is 0 Å². The Kier molecular flexibility index (Phi) is 15.0. The molecular formula is C47H57N5O6S. The number of hydrogen-bond donors (Lipinski definition) is 1. The van der Waals surface area contributed by atoms with Crippen LogP contribution in [0.2, 0.25) is 0 Å². The Morgan fingerprint density at radius 3 is 2.07 bits per heavy atom. The van der Waals surface area contributed by atoms with Gasteiger partial charge < -0.3 is 24.8 Å². The van der Waals surface area contributed by atoms with Crippen molar-refractivity contribution in [1.82, 2.24) is 20.0 Å². The first-order chi connectivity index (χ1) is 28.5. The fraction of sp³-hybridized carbons (Fsp3) is 0.383. The lowest BCUT2D eigenvalue weighted by molar-refractivity contribution is -0.137. The van der Waals surface area contributed by atoms with E-state index in [2.05, 4.69) is 52.4 Å². The third-order valence-corrected chi connectivity index (χ3v) is 12.8. The summed E-state index contributed by atoms with van der Waals surface area (Å²) in [6.07, 6.45) is 5.18. The molecule has 2 fully saturated rings. The fourth-order valence-corrected chi connectivity index (χ4v) is 8.42. The molecule has 1 atom stereocenters. The summed E-state index contributed by atoms with van der Waals surface area (Å²) in [6.45, 7) is 12.0. The van der Waals surface area contributed by atoms with Gasteiger partial charge >= 0.3 is 0 Å². The molecule has 312 valence electrons. The number of ether oxygens (including phenoxy) is 1. The third-order valence-electron chi connectivity index (χ3n) is 11.0. The molecule has 0 aliphatic carbocycles. The average molecular weight is 820 g/mol. The number of benzene rings is 4. The van der Waals surface area contributed by atoms with Crippen molar-refractivity contribution in [2.24, 2.45) is 0 Å². The zero-order valence-electron chi connectivity index (χ0n) is 34.5. The van der Waals surface area contributed by atoms with Gasteiger partial charge in [0.2, 0.25) is 17.7 Å². The van der Waals surface area contributed by atoms with E-state index in [1.807, 2.05) is 64.4 Å². The van der Waals surface area contributed by atoms with Crippen LogP contribution in [0.3, 0.4) is 0 Å². The summed E-state index contributed by atoms with van der Waals surface area (Å²) in [5, 5.41) is 3.01. The summed E-state index contributed by atoms with van der Waals surface area (Å²) < 4.78 is 30.6. The summed E-state index contributed by atoms with van der Waals surface area (Å²) in [5.41, 5.74) is 6.11. The molecule has 0 aromatic heterocycles. The van der Waals surface area contributed by atoms with Crippen molar-refractivity contribution in [3.05, 3.63) is 131 Å². The van der Waals surface area contributed by atoms with Crippen LogP contribution in [-0.2, 0) is 43.6 Å².